The highest BCUT2D eigenvalue weighted by Crippen LogP contribution is 2.16. The van der Waals surface area contributed by atoms with Crippen LogP contribution < -0.4 is 11.1 Å². The Kier molecular flexibility index (Phi) is 3.92. The molecule has 0 aliphatic rings. The van der Waals surface area contributed by atoms with Gasteiger partial charge in [0.25, 0.3) is 5.91 Å². The summed E-state index contributed by atoms with van der Waals surface area (Å²) in [5.74, 6) is -0.00250. The van der Waals surface area contributed by atoms with Gasteiger partial charge in [-0.2, -0.15) is 0 Å². The smallest absolute Gasteiger partial charge is 0.261 e. The molecule has 0 fully saturated rings. The van der Waals surface area contributed by atoms with Crippen molar-refractivity contribution in [2.24, 2.45) is 5.73 Å². The fourth-order valence-corrected chi connectivity index (χ4v) is 1.99. The maximum atomic E-state index is 11.5. The summed E-state index contributed by atoms with van der Waals surface area (Å²) in [6, 6.07) is 1.99. The van der Waals surface area contributed by atoms with Crippen LogP contribution in [-0.2, 0) is 6.42 Å². The lowest BCUT2D eigenvalue weighted by atomic mass is 10.2. The van der Waals surface area contributed by atoms with Gasteiger partial charge in [-0.25, -0.2) is 0 Å². The van der Waals surface area contributed by atoms with E-state index in [1.807, 2.05) is 18.4 Å². The van der Waals surface area contributed by atoms with E-state index >= 15 is 0 Å². The molecule has 0 aliphatic carbocycles. The van der Waals surface area contributed by atoms with Crippen LogP contribution >= 0.6 is 11.3 Å². The Morgan fingerprint density at radius 1 is 1.69 bits per heavy atom. The summed E-state index contributed by atoms with van der Waals surface area (Å²) in [5.41, 5.74) is 6.40. The lowest BCUT2D eigenvalue weighted by Gasteiger charge is -2.02. The van der Waals surface area contributed by atoms with Gasteiger partial charge < -0.3 is 11.1 Å². The molecular formula is C9H14N2OS. The van der Waals surface area contributed by atoms with E-state index in [9.17, 15) is 4.79 Å². The van der Waals surface area contributed by atoms with Gasteiger partial charge in [-0.15, -0.1) is 11.3 Å². The molecule has 0 atom stereocenters. The van der Waals surface area contributed by atoms with E-state index < -0.39 is 0 Å². The molecule has 3 N–H and O–H groups in total. The summed E-state index contributed by atoms with van der Waals surface area (Å²) >= 11 is 1.48. The van der Waals surface area contributed by atoms with Crippen LogP contribution in [-0.4, -0.2) is 19.0 Å². The van der Waals surface area contributed by atoms with Crippen molar-refractivity contribution in [2.75, 3.05) is 13.1 Å². The fraction of sp³-hybridized carbons (Fsp3) is 0.444. The number of amides is 1. The zero-order valence-corrected chi connectivity index (χ0v) is 8.49. The van der Waals surface area contributed by atoms with Crippen LogP contribution in [0, 0.1) is 0 Å². The van der Waals surface area contributed by atoms with Gasteiger partial charge in [0.2, 0.25) is 0 Å². The van der Waals surface area contributed by atoms with Crippen molar-refractivity contribution in [1.29, 1.82) is 0 Å². The van der Waals surface area contributed by atoms with Crippen LogP contribution in [0.5, 0.6) is 0 Å². The van der Waals surface area contributed by atoms with E-state index in [1.165, 1.54) is 11.3 Å². The third kappa shape index (κ3) is 2.54. The maximum absolute atomic E-state index is 11.5. The molecule has 1 heterocycles. The van der Waals surface area contributed by atoms with Gasteiger partial charge >= 0.3 is 0 Å². The lowest BCUT2D eigenvalue weighted by molar-refractivity contribution is 0.0958. The summed E-state index contributed by atoms with van der Waals surface area (Å²) in [5, 5.41) is 4.70. The maximum Gasteiger partial charge on any atom is 0.261 e. The predicted molar refractivity (Wildman–Crippen MR) is 55.1 cm³/mol. The van der Waals surface area contributed by atoms with Crippen molar-refractivity contribution >= 4 is 17.2 Å². The standard InChI is InChI=1S/C9H14N2OS/c1-2-7-3-6-13-8(7)9(12)11-5-4-10/h3,6H,2,4-5,10H2,1H3,(H,11,12). The van der Waals surface area contributed by atoms with Gasteiger partial charge in [-0.3, -0.25) is 4.79 Å². The first kappa shape index (κ1) is 10.2. The monoisotopic (exact) mass is 198 g/mol. The number of carbonyl (C=O) groups is 1. The van der Waals surface area contributed by atoms with Gasteiger partial charge in [-0.05, 0) is 23.4 Å². The van der Waals surface area contributed by atoms with E-state index in [0.717, 1.165) is 16.9 Å². The third-order valence-electron chi connectivity index (χ3n) is 1.76. The second-order valence-electron chi connectivity index (χ2n) is 2.67. The van der Waals surface area contributed by atoms with Crippen molar-refractivity contribution in [2.45, 2.75) is 13.3 Å². The van der Waals surface area contributed by atoms with E-state index in [4.69, 9.17) is 5.73 Å². The Morgan fingerprint density at radius 3 is 3.08 bits per heavy atom. The topological polar surface area (TPSA) is 55.1 Å². The van der Waals surface area contributed by atoms with Crippen LogP contribution in [0.25, 0.3) is 0 Å². The van der Waals surface area contributed by atoms with E-state index in [0.29, 0.717) is 13.1 Å². The number of nitrogens with two attached hydrogens (primary N) is 1. The first-order valence-electron chi connectivity index (χ1n) is 4.34. The zero-order valence-electron chi connectivity index (χ0n) is 7.67. The number of rotatable bonds is 4. The number of hydrogen-bond donors (Lipinski definition) is 2. The number of aryl methyl sites for hydroxylation is 1. The number of hydrogen-bond acceptors (Lipinski definition) is 3. The highest BCUT2D eigenvalue weighted by molar-refractivity contribution is 7.12. The Bertz CT molecular complexity index is 283. The quantitative estimate of drug-likeness (QED) is 0.758. The molecule has 1 aromatic heterocycles. The molecule has 1 amide bonds. The van der Waals surface area contributed by atoms with Crippen LogP contribution in [0.1, 0.15) is 22.2 Å². The number of carbonyl (C=O) groups excluding carboxylic acids is 1. The molecule has 3 nitrogen and oxygen atoms in total. The Morgan fingerprint density at radius 2 is 2.46 bits per heavy atom. The summed E-state index contributed by atoms with van der Waals surface area (Å²) in [6.45, 7) is 3.07. The highest BCUT2D eigenvalue weighted by atomic mass is 32.1. The molecule has 0 unspecified atom stereocenters. The molecular weight excluding hydrogens is 184 g/mol. The first-order valence-corrected chi connectivity index (χ1v) is 5.22. The van der Waals surface area contributed by atoms with E-state index in [2.05, 4.69) is 5.32 Å². The Labute approximate surface area is 81.9 Å². The van der Waals surface area contributed by atoms with Crippen LogP contribution in [0.2, 0.25) is 0 Å². The molecule has 0 aliphatic heterocycles. The molecule has 0 aromatic carbocycles. The molecule has 0 bridgehead atoms. The van der Waals surface area contributed by atoms with Crippen LogP contribution in [0.3, 0.4) is 0 Å². The average Bonchev–Trinajstić information content (AvgIpc) is 2.61. The van der Waals surface area contributed by atoms with Gasteiger partial charge in [0.05, 0.1) is 4.88 Å². The fourth-order valence-electron chi connectivity index (χ4n) is 1.08. The normalized spacial score (nSPS) is 10.0. The van der Waals surface area contributed by atoms with Crippen molar-refractivity contribution in [3.8, 4) is 0 Å². The van der Waals surface area contributed by atoms with Crippen molar-refractivity contribution < 1.29 is 4.79 Å². The first-order chi connectivity index (χ1) is 6.29. The Balaban J connectivity index is 2.65. The second kappa shape index (κ2) is 4.99. The predicted octanol–water partition coefficient (Wildman–Crippen LogP) is 0.999. The number of thiophene rings is 1. The van der Waals surface area contributed by atoms with Crippen LogP contribution in [0.15, 0.2) is 11.4 Å². The minimum atomic E-state index is -0.00250. The minimum absolute atomic E-state index is 0.00250. The summed E-state index contributed by atoms with van der Waals surface area (Å²) in [6.07, 6.45) is 0.898. The highest BCUT2D eigenvalue weighted by Gasteiger charge is 2.10. The molecule has 72 valence electrons. The van der Waals surface area contributed by atoms with Gasteiger partial charge in [0.15, 0.2) is 0 Å². The Hall–Kier alpha value is -0.870. The molecule has 1 rings (SSSR count). The molecule has 1 aromatic rings. The van der Waals surface area contributed by atoms with Gasteiger partial charge in [0, 0.05) is 13.1 Å². The molecule has 0 saturated heterocycles. The molecule has 0 saturated carbocycles. The zero-order chi connectivity index (χ0) is 9.68. The van der Waals surface area contributed by atoms with E-state index in [1.54, 1.807) is 0 Å². The second-order valence-corrected chi connectivity index (χ2v) is 3.59. The number of nitrogens with one attached hydrogen (secondary N) is 1. The van der Waals surface area contributed by atoms with Crippen LogP contribution in [0.4, 0.5) is 0 Å². The van der Waals surface area contributed by atoms with Crippen molar-refractivity contribution in [1.82, 2.24) is 5.32 Å². The van der Waals surface area contributed by atoms with E-state index in [-0.39, 0.29) is 5.91 Å². The summed E-state index contributed by atoms with van der Waals surface area (Å²) in [7, 11) is 0. The summed E-state index contributed by atoms with van der Waals surface area (Å²) in [4.78, 5) is 12.3. The molecule has 4 heteroatoms. The van der Waals surface area contributed by atoms with Gasteiger partial charge in [-0.1, -0.05) is 6.92 Å². The lowest BCUT2D eigenvalue weighted by Crippen LogP contribution is -2.28. The summed E-state index contributed by atoms with van der Waals surface area (Å²) < 4.78 is 0. The molecule has 0 spiro atoms. The SMILES string of the molecule is CCc1ccsc1C(=O)NCCN. The molecule has 0 radical (unpaired) electrons. The van der Waals surface area contributed by atoms with Crippen molar-refractivity contribution in [3.63, 3.8) is 0 Å². The molecule has 13 heavy (non-hydrogen) atoms. The minimum Gasteiger partial charge on any atom is -0.350 e. The van der Waals surface area contributed by atoms with Gasteiger partial charge in [0.1, 0.15) is 0 Å². The third-order valence-corrected chi connectivity index (χ3v) is 2.72. The van der Waals surface area contributed by atoms with Crippen molar-refractivity contribution in [3.05, 3.63) is 21.9 Å². The average molecular weight is 198 g/mol. The largest absolute Gasteiger partial charge is 0.350 e.